The molecule has 1 aliphatic heterocycles. The fraction of sp³-hybridized carbons (Fsp3) is 0.812. The Morgan fingerprint density at radius 1 is 1.35 bits per heavy atom. The van der Waals surface area contributed by atoms with Gasteiger partial charge >= 0.3 is 0 Å². The van der Waals surface area contributed by atoms with Gasteiger partial charge in [0, 0.05) is 32.7 Å². The van der Waals surface area contributed by atoms with Crippen LogP contribution < -0.4 is 0 Å². The smallest absolute Gasteiger partial charge is 0.248 e. The standard InChI is InChI=1S/C16H25N3O4/c1-2-21-11-15(20)19-7-5-13(9-19)16-17-14(18-23-16)6-8-22-10-12-3-4-12/h12-13H,2-11H2,1H3. The summed E-state index contributed by atoms with van der Waals surface area (Å²) >= 11 is 0. The van der Waals surface area contributed by atoms with Gasteiger partial charge in [0.2, 0.25) is 11.8 Å². The molecule has 1 saturated heterocycles. The second kappa shape index (κ2) is 7.88. The van der Waals surface area contributed by atoms with E-state index in [0.717, 1.165) is 25.5 Å². The number of hydrogen-bond donors (Lipinski definition) is 0. The normalized spacial score (nSPS) is 21.1. The lowest BCUT2D eigenvalue weighted by Crippen LogP contribution is -2.31. The lowest BCUT2D eigenvalue weighted by atomic mass is 10.1. The van der Waals surface area contributed by atoms with Crippen molar-refractivity contribution in [1.29, 1.82) is 0 Å². The van der Waals surface area contributed by atoms with Gasteiger partial charge in [0.1, 0.15) is 6.61 Å². The zero-order valence-electron chi connectivity index (χ0n) is 13.7. The van der Waals surface area contributed by atoms with Gasteiger partial charge in [0.15, 0.2) is 5.82 Å². The molecule has 0 radical (unpaired) electrons. The van der Waals surface area contributed by atoms with Gasteiger partial charge in [-0.2, -0.15) is 4.98 Å². The molecule has 0 aromatic carbocycles. The maximum Gasteiger partial charge on any atom is 0.248 e. The second-order valence-electron chi connectivity index (χ2n) is 6.28. The van der Waals surface area contributed by atoms with E-state index in [1.54, 1.807) is 0 Å². The molecule has 2 aliphatic rings. The molecule has 1 saturated carbocycles. The van der Waals surface area contributed by atoms with Gasteiger partial charge in [-0.3, -0.25) is 4.79 Å². The number of carbonyl (C=O) groups excluding carboxylic acids is 1. The summed E-state index contributed by atoms with van der Waals surface area (Å²) in [7, 11) is 0. The van der Waals surface area contributed by atoms with Crippen molar-refractivity contribution in [2.24, 2.45) is 5.92 Å². The molecule has 3 rings (SSSR count). The molecular weight excluding hydrogens is 298 g/mol. The SMILES string of the molecule is CCOCC(=O)N1CCC(c2nc(CCOCC3CC3)no2)C1. The number of hydrogen-bond acceptors (Lipinski definition) is 6. The molecule has 1 amide bonds. The topological polar surface area (TPSA) is 77.7 Å². The van der Waals surface area contributed by atoms with Crippen LogP contribution in [0.4, 0.5) is 0 Å². The third-order valence-electron chi connectivity index (χ3n) is 4.32. The molecule has 0 spiro atoms. The Hall–Kier alpha value is -1.47. The summed E-state index contributed by atoms with van der Waals surface area (Å²) in [6.07, 6.45) is 4.13. The summed E-state index contributed by atoms with van der Waals surface area (Å²) in [4.78, 5) is 18.2. The third kappa shape index (κ3) is 4.75. The average molecular weight is 323 g/mol. The van der Waals surface area contributed by atoms with E-state index >= 15 is 0 Å². The van der Waals surface area contributed by atoms with Crippen LogP contribution >= 0.6 is 0 Å². The summed E-state index contributed by atoms with van der Waals surface area (Å²) in [6, 6.07) is 0. The van der Waals surface area contributed by atoms with Crippen molar-refractivity contribution < 1.29 is 18.8 Å². The Morgan fingerprint density at radius 3 is 3.00 bits per heavy atom. The number of nitrogens with zero attached hydrogens (tertiary/aromatic N) is 3. The third-order valence-corrected chi connectivity index (χ3v) is 4.32. The quantitative estimate of drug-likeness (QED) is 0.639. The first-order valence-corrected chi connectivity index (χ1v) is 8.52. The Morgan fingerprint density at radius 2 is 2.22 bits per heavy atom. The van der Waals surface area contributed by atoms with Crippen molar-refractivity contribution in [3.05, 3.63) is 11.7 Å². The van der Waals surface area contributed by atoms with E-state index in [1.165, 1.54) is 12.8 Å². The number of likely N-dealkylation sites (tertiary alicyclic amines) is 1. The minimum absolute atomic E-state index is 0.0302. The molecule has 0 bridgehead atoms. The van der Waals surface area contributed by atoms with E-state index in [2.05, 4.69) is 10.1 Å². The Balaban J connectivity index is 1.41. The number of rotatable bonds is 9. The lowest BCUT2D eigenvalue weighted by molar-refractivity contribution is -0.134. The van der Waals surface area contributed by atoms with E-state index in [4.69, 9.17) is 14.0 Å². The molecule has 2 heterocycles. The fourth-order valence-electron chi connectivity index (χ4n) is 2.70. The number of ether oxygens (including phenoxy) is 2. The molecule has 7 nitrogen and oxygen atoms in total. The highest BCUT2D eigenvalue weighted by Crippen LogP contribution is 2.29. The van der Waals surface area contributed by atoms with Gasteiger partial charge in [0.25, 0.3) is 0 Å². The van der Waals surface area contributed by atoms with Crippen molar-refractivity contribution in [1.82, 2.24) is 15.0 Å². The first kappa shape index (κ1) is 16.4. The highest BCUT2D eigenvalue weighted by atomic mass is 16.5. The molecule has 2 fully saturated rings. The van der Waals surface area contributed by atoms with Crippen molar-refractivity contribution in [3.8, 4) is 0 Å². The van der Waals surface area contributed by atoms with Gasteiger partial charge < -0.3 is 18.9 Å². The Kier molecular flexibility index (Phi) is 5.61. The predicted molar refractivity (Wildman–Crippen MR) is 82.0 cm³/mol. The van der Waals surface area contributed by atoms with Crippen LogP contribution in [0.1, 0.15) is 43.8 Å². The monoisotopic (exact) mass is 323 g/mol. The van der Waals surface area contributed by atoms with Crippen molar-refractivity contribution in [2.45, 2.75) is 38.5 Å². The summed E-state index contributed by atoms with van der Waals surface area (Å²) in [5.41, 5.74) is 0. The molecule has 1 aromatic heterocycles. The van der Waals surface area contributed by atoms with Gasteiger partial charge in [-0.25, -0.2) is 0 Å². The molecule has 7 heteroatoms. The van der Waals surface area contributed by atoms with Crippen LogP contribution in [0, 0.1) is 5.92 Å². The number of amides is 1. The highest BCUT2D eigenvalue weighted by molar-refractivity contribution is 5.77. The summed E-state index contributed by atoms with van der Waals surface area (Å²) in [5.74, 6) is 2.26. The van der Waals surface area contributed by atoms with E-state index in [1.807, 2.05) is 11.8 Å². The van der Waals surface area contributed by atoms with Crippen LogP contribution in [-0.4, -0.2) is 60.5 Å². The zero-order chi connectivity index (χ0) is 16.1. The predicted octanol–water partition coefficient (Wildman–Crippen LogP) is 1.39. The second-order valence-corrected chi connectivity index (χ2v) is 6.28. The van der Waals surface area contributed by atoms with Crippen molar-refractivity contribution in [2.75, 3.05) is 39.5 Å². The minimum atomic E-state index is 0.0302. The average Bonchev–Trinajstić information content (AvgIpc) is 3.06. The van der Waals surface area contributed by atoms with Gasteiger partial charge in [-0.05, 0) is 32.1 Å². The molecule has 23 heavy (non-hydrogen) atoms. The highest BCUT2D eigenvalue weighted by Gasteiger charge is 2.31. The molecular formula is C16H25N3O4. The largest absolute Gasteiger partial charge is 0.381 e. The summed E-state index contributed by atoms with van der Waals surface area (Å²) in [6.45, 7) is 5.43. The number of carbonyl (C=O) groups is 1. The zero-order valence-corrected chi connectivity index (χ0v) is 13.7. The molecule has 1 aromatic rings. The summed E-state index contributed by atoms with van der Waals surface area (Å²) < 4.78 is 16.1. The van der Waals surface area contributed by atoms with E-state index in [-0.39, 0.29) is 18.4 Å². The van der Waals surface area contributed by atoms with Crippen molar-refractivity contribution in [3.63, 3.8) is 0 Å². The van der Waals surface area contributed by atoms with Crippen LogP contribution in [0.15, 0.2) is 4.52 Å². The first-order valence-electron chi connectivity index (χ1n) is 8.52. The fourth-order valence-corrected chi connectivity index (χ4v) is 2.70. The minimum Gasteiger partial charge on any atom is -0.381 e. The van der Waals surface area contributed by atoms with Crippen LogP contribution in [-0.2, 0) is 20.7 Å². The maximum absolute atomic E-state index is 11.9. The van der Waals surface area contributed by atoms with Gasteiger partial charge in [-0.15, -0.1) is 0 Å². The molecule has 128 valence electrons. The van der Waals surface area contributed by atoms with Gasteiger partial charge in [-0.1, -0.05) is 5.16 Å². The number of aromatic nitrogens is 2. The van der Waals surface area contributed by atoms with Crippen molar-refractivity contribution >= 4 is 5.91 Å². The van der Waals surface area contributed by atoms with Crippen LogP contribution in [0.25, 0.3) is 0 Å². The van der Waals surface area contributed by atoms with E-state index in [0.29, 0.717) is 37.9 Å². The van der Waals surface area contributed by atoms with Gasteiger partial charge in [0.05, 0.1) is 12.5 Å². The molecule has 1 unspecified atom stereocenters. The van der Waals surface area contributed by atoms with E-state index in [9.17, 15) is 4.79 Å². The molecule has 0 N–H and O–H groups in total. The molecule has 1 aliphatic carbocycles. The first-order chi connectivity index (χ1) is 11.3. The Labute approximate surface area is 136 Å². The van der Waals surface area contributed by atoms with Crippen LogP contribution in [0.2, 0.25) is 0 Å². The lowest BCUT2D eigenvalue weighted by Gasteiger charge is -2.15. The maximum atomic E-state index is 11.9. The van der Waals surface area contributed by atoms with E-state index < -0.39 is 0 Å². The van der Waals surface area contributed by atoms with Crippen LogP contribution in [0.5, 0.6) is 0 Å². The molecule has 1 atom stereocenters. The summed E-state index contributed by atoms with van der Waals surface area (Å²) in [5, 5.41) is 4.02. The van der Waals surface area contributed by atoms with Crippen LogP contribution in [0.3, 0.4) is 0 Å². The Bertz CT molecular complexity index is 515.